The molecule has 1 saturated heterocycles. The van der Waals surface area contributed by atoms with Crippen LogP contribution < -0.4 is 34.9 Å². The number of rotatable bonds is 3. The van der Waals surface area contributed by atoms with Gasteiger partial charge in [-0.25, -0.2) is 4.79 Å². The molecule has 0 saturated carbocycles. The third-order valence-electron chi connectivity index (χ3n) is 1.59. The van der Waals surface area contributed by atoms with Crippen LogP contribution in [0.1, 0.15) is 26.2 Å². The Hall–Kier alpha value is -0.0600. The Morgan fingerprint density at radius 2 is 2.17 bits per heavy atom. The Kier molecular flexibility index (Phi) is 5.53. The fraction of sp³-hybridized carbons (Fsp3) is 0.714. The van der Waals surface area contributed by atoms with E-state index in [-0.39, 0.29) is 35.5 Å². The number of carbonyl (C=O) groups is 2. The quantitative estimate of drug-likeness (QED) is 0.502. The maximum atomic E-state index is 10.8. The van der Waals surface area contributed by atoms with Crippen LogP contribution in [0.15, 0.2) is 0 Å². The number of carbonyl (C=O) groups excluding carboxylic acids is 2. The normalized spacial score (nSPS) is 21.2. The van der Waals surface area contributed by atoms with Crippen molar-refractivity contribution >= 4 is 12.0 Å². The summed E-state index contributed by atoms with van der Waals surface area (Å²) in [6.07, 6.45) is 1.39. The number of hydrogen-bond acceptors (Lipinski definition) is 3. The molecule has 1 unspecified atom stereocenters. The van der Waals surface area contributed by atoms with Crippen LogP contribution in [0.4, 0.5) is 4.79 Å². The van der Waals surface area contributed by atoms with Crippen molar-refractivity contribution in [2.45, 2.75) is 32.3 Å². The van der Waals surface area contributed by atoms with Crippen molar-refractivity contribution in [3.8, 4) is 0 Å². The number of unbranched alkanes of at least 4 members (excludes halogenated alkanes) is 1. The van der Waals surface area contributed by atoms with E-state index in [1.54, 1.807) is 0 Å². The van der Waals surface area contributed by atoms with Gasteiger partial charge in [0.25, 0.3) is 5.91 Å². The molecule has 0 bridgehead atoms. The van der Waals surface area contributed by atoms with E-state index in [0.717, 1.165) is 12.8 Å². The summed E-state index contributed by atoms with van der Waals surface area (Å²) in [6.45, 7) is 2.02. The molecule has 12 heavy (non-hydrogen) atoms. The zero-order chi connectivity index (χ0) is 8.27. The SMILES string of the molecule is CCCCC1OC(=O)NC1=O.[Na+]. The Balaban J connectivity index is 0.00000121. The van der Waals surface area contributed by atoms with Crippen LogP contribution in [0, 0.1) is 0 Å². The Labute approximate surface area is 93.3 Å². The molecule has 0 aromatic rings. The van der Waals surface area contributed by atoms with Gasteiger partial charge >= 0.3 is 35.7 Å². The number of alkyl carbamates (subject to hydrolysis) is 1. The third-order valence-corrected chi connectivity index (χ3v) is 1.59. The van der Waals surface area contributed by atoms with Gasteiger partial charge in [-0.1, -0.05) is 13.3 Å². The fourth-order valence-corrected chi connectivity index (χ4v) is 0.973. The summed E-state index contributed by atoms with van der Waals surface area (Å²) in [5, 5.41) is 2.08. The van der Waals surface area contributed by atoms with Gasteiger partial charge in [-0.2, -0.15) is 0 Å². The number of cyclic esters (lactones) is 1. The topological polar surface area (TPSA) is 55.4 Å². The summed E-state index contributed by atoms with van der Waals surface area (Å²) in [6, 6.07) is 0. The molecular weight excluding hydrogens is 169 g/mol. The summed E-state index contributed by atoms with van der Waals surface area (Å²) in [7, 11) is 0. The number of ether oxygens (including phenoxy) is 1. The second kappa shape index (κ2) is 5.56. The summed E-state index contributed by atoms with van der Waals surface area (Å²) in [4.78, 5) is 21.3. The first-order valence-electron chi connectivity index (χ1n) is 3.75. The summed E-state index contributed by atoms with van der Waals surface area (Å²) < 4.78 is 4.68. The van der Waals surface area contributed by atoms with Gasteiger partial charge in [0.2, 0.25) is 0 Å². The van der Waals surface area contributed by atoms with Gasteiger partial charge < -0.3 is 4.74 Å². The minimum Gasteiger partial charge on any atom is -0.436 e. The molecule has 2 amide bonds. The van der Waals surface area contributed by atoms with Gasteiger partial charge in [0.05, 0.1) is 0 Å². The Morgan fingerprint density at radius 1 is 1.50 bits per heavy atom. The van der Waals surface area contributed by atoms with Gasteiger partial charge in [-0.15, -0.1) is 0 Å². The maximum Gasteiger partial charge on any atom is 1.00 e. The van der Waals surface area contributed by atoms with Gasteiger partial charge in [0.15, 0.2) is 6.10 Å². The van der Waals surface area contributed by atoms with Crippen molar-refractivity contribution in [1.82, 2.24) is 5.32 Å². The minimum atomic E-state index is -0.615. The first kappa shape index (κ1) is 11.9. The molecule has 5 heteroatoms. The van der Waals surface area contributed by atoms with Crippen molar-refractivity contribution in [1.29, 1.82) is 0 Å². The molecule has 1 atom stereocenters. The molecule has 0 spiro atoms. The molecule has 0 aromatic carbocycles. The summed E-state index contributed by atoms with van der Waals surface area (Å²) >= 11 is 0. The zero-order valence-electron chi connectivity index (χ0n) is 7.42. The molecule has 0 radical (unpaired) electrons. The van der Waals surface area contributed by atoms with Crippen molar-refractivity contribution in [2.75, 3.05) is 0 Å². The van der Waals surface area contributed by atoms with Gasteiger partial charge in [-0.05, 0) is 12.8 Å². The van der Waals surface area contributed by atoms with E-state index in [0.29, 0.717) is 6.42 Å². The molecule has 1 rings (SSSR count). The molecule has 1 N–H and O–H groups in total. The predicted molar refractivity (Wildman–Crippen MR) is 37.9 cm³/mol. The number of amides is 2. The predicted octanol–water partition coefficient (Wildman–Crippen LogP) is -2.18. The summed E-state index contributed by atoms with van der Waals surface area (Å²) in [5.41, 5.74) is 0. The first-order valence-corrected chi connectivity index (χ1v) is 3.75. The molecule has 0 aromatic heterocycles. The standard InChI is InChI=1S/C7H11NO3.Na/c1-2-3-4-5-6(9)8-7(10)11-5;/h5H,2-4H2,1H3,(H,8,9,10);/q;+1. The van der Waals surface area contributed by atoms with Crippen LogP contribution in [0.25, 0.3) is 0 Å². The molecule has 1 aliphatic rings. The first-order chi connectivity index (χ1) is 5.24. The largest absolute Gasteiger partial charge is 1.00 e. The molecule has 62 valence electrons. The van der Waals surface area contributed by atoms with E-state index >= 15 is 0 Å². The molecule has 1 fully saturated rings. The average Bonchev–Trinajstić information content (AvgIpc) is 2.26. The Morgan fingerprint density at radius 3 is 2.58 bits per heavy atom. The van der Waals surface area contributed by atoms with Crippen LogP contribution >= 0.6 is 0 Å². The second-order valence-corrected chi connectivity index (χ2v) is 2.53. The van der Waals surface area contributed by atoms with Crippen molar-refractivity contribution in [3.05, 3.63) is 0 Å². The maximum absolute atomic E-state index is 10.8. The van der Waals surface area contributed by atoms with Crippen LogP contribution in [0.5, 0.6) is 0 Å². The van der Waals surface area contributed by atoms with Crippen LogP contribution in [0.2, 0.25) is 0 Å². The number of imide groups is 1. The molecule has 1 aliphatic heterocycles. The fourth-order valence-electron chi connectivity index (χ4n) is 0.973. The number of nitrogens with one attached hydrogen (secondary N) is 1. The third kappa shape index (κ3) is 3.13. The van der Waals surface area contributed by atoms with Gasteiger partial charge in [-0.3, -0.25) is 10.1 Å². The Bertz CT molecular complexity index is 183. The average molecular weight is 180 g/mol. The van der Waals surface area contributed by atoms with E-state index in [4.69, 9.17) is 0 Å². The van der Waals surface area contributed by atoms with Crippen molar-refractivity contribution in [3.63, 3.8) is 0 Å². The van der Waals surface area contributed by atoms with E-state index < -0.39 is 12.2 Å². The van der Waals surface area contributed by atoms with E-state index in [9.17, 15) is 9.59 Å². The van der Waals surface area contributed by atoms with E-state index in [1.165, 1.54) is 0 Å². The van der Waals surface area contributed by atoms with E-state index in [1.807, 2.05) is 6.92 Å². The molecule has 0 aliphatic carbocycles. The van der Waals surface area contributed by atoms with Gasteiger partial charge in [0, 0.05) is 0 Å². The summed E-state index contributed by atoms with van der Waals surface area (Å²) in [5.74, 6) is -0.302. The van der Waals surface area contributed by atoms with Crippen molar-refractivity contribution in [2.24, 2.45) is 0 Å². The van der Waals surface area contributed by atoms with Crippen molar-refractivity contribution < 1.29 is 43.9 Å². The monoisotopic (exact) mass is 180 g/mol. The molecule has 1 heterocycles. The molecule has 4 nitrogen and oxygen atoms in total. The smallest absolute Gasteiger partial charge is 0.436 e. The zero-order valence-corrected chi connectivity index (χ0v) is 9.42. The van der Waals surface area contributed by atoms with Crippen LogP contribution in [-0.2, 0) is 9.53 Å². The van der Waals surface area contributed by atoms with Gasteiger partial charge in [0.1, 0.15) is 0 Å². The van der Waals surface area contributed by atoms with Crippen LogP contribution in [0.3, 0.4) is 0 Å². The number of hydrogen-bond donors (Lipinski definition) is 1. The second-order valence-electron chi connectivity index (χ2n) is 2.53. The van der Waals surface area contributed by atoms with Crippen LogP contribution in [-0.4, -0.2) is 18.1 Å². The minimum absolute atomic E-state index is 0. The van der Waals surface area contributed by atoms with E-state index in [2.05, 4.69) is 10.1 Å². The molecular formula is C7H11NNaO3+.